The maximum absolute atomic E-state index is 3.79. The maximum atomic E-state index is 3.79. The molecule has 1 aromatic rings. The summed E-state index contributed by atoms with van der Waals surface area (Å²) >= 11 is 3.79. The van der Waals surface area contributed by atoms with Crippen molar-refractivity contribution in [2.24, 2.45) is 11.3 Å². The van der Waals surface area contributed by atoms with Gasteiger partial charge < -0.3 is 4.90 Å². The molecule has 1 saturated carbocycles. The van der Waals surface area contributed by atoms with Crippen LogP contribution in [0.3, 0.4) is 0 Å². The zero-order valence-corrected chi connectivity index (χ0v) is 14.7. The number of halogens is 1. The van der Waals surface area contributed by atoms with E-state index in [1.54, 1.807) is 0 Å². The number of likely N-dealkylation sites (tertiary alicyclic amines) is 1. The van der Waals surface area contributed by atoms with Crippen molar-refractivity contribution in [3.8, 4) is 0 Å². The van der Waals surface area contributed by atoms with Gasteiger partial charge in [-0.1, -0.05) is 59.1 Å². The van der Waals surface area contributed by atoms with Crippen LogP contribution in [0.4, 0.5) is 0 Å². The smallest absolute Gasteiger partial charge is 0.0100 e. The van der Waals surface area contributed by atoms with Gasteiger partial charge in [0.25, 0.3) is 0 Å². The van der Waals surface area contributed by atoms with Crippen LogP contribution >= 0.6 is 15.9 Å². The SMILES string of the molecule is BrCC1(CN2CCC(Cc3ccccc3)CC2)CCCC1. The van der Waals surface area contributed by atoms with Gasteiger partial charge in [0.1, 0.15) is 0 Å². The van der Waals surface area contributed by atoms with Gasteiger partial charge in [0, 0.05) is 11.9 Å². The van der Waals surface area contributed by atoms with E-state index in [1.165, 1.54) is 75.5 Å². The molecule has 0 unspecified atom stereocenters. The highest BCUT2D eigenvalue weighted by atomic mass is 79.9. The van der Waals surface area contributed by atoms with E-state index in [-0.39, 0.29) is 0 Å². The van der Waals surface area contributed by atoms with Gasteiger partial charge in [0.15, 0.2) is 0 Å². The molecule has 2 aliphatic rings. The lowest BCUT2D eigenvalue weighted by molar-refractivity contribution is 0.125. The highest BCUT2D eigenvalue weighted by Gasteiger charge is 2.35. The molecular weight excluding hydrogens is 322 g/mol. The van der Waals surface area contributed by atoms with E-state index in [0.717, 1.165) is 5.92 Å². The minimum atomic E-state index is 0.590. The molecule has 1 aliphatic heterocycles. The number of piperidine rings is 1. The van der Waals surface area contributed by atoms with Crippen molar-refractivity contribution in [3.63, 3.8) is 0 Å². The van der Waals surface area contributed by atoms with E-state index >= 15 is 0 Å². The Morgan fingerprint density at radius 3 is 2.33 bits per heavy atom. The summed E-state index contributed by atoms with van der Waals surface area (Å²) in [5.41, 5.74) is 2.11. The molecule has 1 aliphatic carbocycles. The van der Waals surface area contributed by atoms with Gasteiger partial charge in [-0.15, -0.1) is 0 Å². The lowest BCUT2D eigenvalue weighted by Gasteiger charge is -2.38. The molecule has 0 N–H and O–H groups in total. The summed E-state index contributed by atoms with van der Waals surface area (Å²) < 4.78 is 0. The lowest BCUT2D eigenvalue weighted by atomic mass is 9.85. The fourth-order valence-electron chi connectivity index (χ4n) is 4.23. The van der Waals surface area contributed by atoms with Crippen LogP contribution in [-0.4, -0.2) is 29.9 Å². The molecule has 1 saturated heterocycles. The molecular formula is C19H28BrN. The Hall–Kier alpha value is -0.340. The first-order valence-corrected chi connectivity index (χ1v) is 9.74. The Kier molecular flexibility index (Phi) is 5.39. The molecule has 1 aromatic carbocycles. The summed E-state index contributed by atoms with van der Waals surface area (Å²) in [6.07, 6.45) is 9.79. The van der Waals surface area contributed by atoms with E-state index < -0.39 is 0 Å². The number of benzene rings is 1. The third kappa shape index (κ3) is 4.10. The standard InChI is InChI=1S/C19H28BrN/c20-15-19(10-4-5-11-19)16-21-12-8-18(9-13-21)14-17-6-2-1-3-7-17/h1-3,6-7,18H,4-5,8-16H2. The van der Waals surface area contributed by atoms with Gasteiger partial charge in [0.2, 0.25) is 0 Å². The van der Waals surface area contributed by atoms with Crippen LogP contribution in [0, 0.1) is 11.3 Å². The van der Waals surface area contributed by atoms with Gasteiger partial charge in [-0.2, -0.15) is 0 Å². The second kappa shape index (κ2) is 7.28. The van der Waals surface area contributed by atoms with Crippen LogP contribution in [0.1, 0.15) is 44.1 Å². The molecule has 1 nitrogen and oxygen atoms in total. The molecule has 0 radical (unpaired) electrons. The Morgan fingerprint density at radius 2 is 1.71 bits per heavy atom. The van der Waals surface area contributed by atoms with Crippen LogP contribution in [0.25, 0.3) is 0 Å². The van der Waals surface area contributed by atoms with E-state index in [4.69, 9.17) is 0 Å². The summed E-state index contributed by atoms with van der Waals surface area (Å²) in [5, 5.41) is 1.20. The topological polar surface area (TPSA) is 3.24 Å². The fourth-order valence-corrected chi connectivity index (χ4v) is 4.97. The van der Waals surface area contributed by atoms with Crippen LogP contribution in [0.2, 0.25) is 0 Å². The lowest BCUT2D eigenvalue weighted by Crippen LogP contribution is -2.42. The van der Waals surface area contributed by atoms with Crippen molar-refractivity contribution >= 4 is 15.9 Å². The normalized spacial score (nSPS) is 23.5. The summed E-state index contributed by atoms with van der Waals surface area (Å²) in [4.78, 5) is 2.74. The molecule has 1 heterocycles. The second-order valence-corrected chi connectivity index (χ2v) is 7.81. The quantitative estimate of drug-likeness (QED) is 0.683. The van der Waals surface area contributed by atoms with Crippen molar-refractivity contribution < 1.29 is 0 Å². The number of hydrogen-bond donors (Lipinski definition) is 0. The molecule has 2 fully saturated rings. The van der Waals surface area contributed by atoms with Crippen molar-refractivity contribution in [1.29, 1.82) is 0 Å². The Labute approximate surface area is 138 Å². The van der Waals surface area contributed by atoms with Gasteiger partial charge in [-0.25, -0.2) is 0 Å². The molecule has 0 bridgehead atoms. The van der Waals surface area contributed by atoms with Crippen LogP contribution in [-0.2, 0) is 6.42 Å². The Morgan fingerprint density at radius 1 is 1.05 bits per heavy atom. The number of nitrogens with zero attached hydrogens (tertiary/aromatic N) is 1. The highest BCUT2D eigenvalue weighted by molar-refractivity contribution is 9.09. The number of rotatable bonds is 5. The second-order valence-electron chi connectivity index (χ2n) is 7.25. The first-order valence-electron chi connectivity index (χ1n) is 8.62. The summed E-state index contributed by atoms with van der Waals surface area (Å²) in [6, 6.07) is 11.0. The highest BCUT2D eigenvalue weighted by Crippen LogP contribution is 2.40. The molecule has 0 atom stereocenters. The minimum Gasteiger partial charge on any atom is -0.303 e. The molecule has 116 valence electrons. The summed E-state index contributed by atoms with van der Waals surface area (Å²) in [7, 11) is 0. The third-order valence-corrected chi connectivity index (χ3v) is 6.77. The van der Waals surface area contributed by atoms with Crippen LogP contribution in [0.5, 0.6) is 0 Å². The monoisotopic (exact) mass is 349 g/mol. The minimum absolute atomic E-state index is 0.590. The molecule has 21 heavy (non-hydrogen) atoms. The van der Waals surface area contributed by atoms with E-state index in [2.05, 4.69) is 51.2 Å². The zero-order chi connectivity index (χ0) is 14.5. The first kappa shape index (κ1) is 15.6. The van der Waals surface area contributed by atoms with Gasteiger partial charge in [-0.05, 0) is 62.1 Å². The van der Waals surface area contributed by atoms with E-state index in [9.17, 15) is 0 Å². The van der Waals surface area contributed by atoms with Crippen molar-refractivity contribution in [3.05, 3.63) is 35.9 Å². The molecule has 3 rings (SSSR count). The molecule has 0 amide bonds. The van der Waals surface area contributed by atoms with Gasteiger partial charge in [0.05, 0.1) is 0 Å². The average molecular weight is 350 g/mol. The maximum Gasteiger partial charge on any atom is 0.0100 e. The Bertz CT molecular complexity index is 416. The first-order chi connectivity index (χ1) is 10.3. The average Bonchev–Trinajstić information content (AvgIpc) is 2.99. The van der Waals surface area contributed by atoms with Crippen LogP contribution < -0.4 is 0 Å². The van der Waals surface area contributed by atoms with Crippen molar-refractivity contribution in [2.75, 3.05) is 25.0 Å². The molecule has 2 heteroatoms. The fraction of sp³-hybridized carbons (Fsp3) is 0.684. The van der Waals surface area contributed by atoms with E-state index in [0.29, 0.717) is 5.41 Å². The Balaban J connectivity index is 1.47. The van der Waals surface area contributed by atoms with Crippen LogP contribution in [0.15, 0.2) is 30.3 Å². The van der Waals surface area contributed by atoms with Gasteiger partial charge in [-0.3, -0.25) is 0 Å². The summed E-state index contributed by atoms with van der Waals surface area (Å²) in [5.74, 6) is 0.896. The van der Waals surface area contributed by atoms with E-state index in [1.807, 2.05) is 0 Å². The van der Waals surface area contributed by atoms with Crippen molar-refractivity contribution in [2.45, 2.75) is 44.9 Å². The summed E-state index contributed by atoms with van der Waals surface area (Å²) in [6.45, 7) is 3.95. The number of alkyl halides is 1. The number of hydrogen-bond acceptors (Lipinski definition) is 1. The third-order valence-electron chi connectivity index (χ3n) is 5.58. The van der Waals surface area contributed by atoms with Gasteiger partial charge >= 0.3 is 0 Å². The molecule has 0 spiro atoms. The zero-order valence-electron chi connectivity index (χ0n) is 13.1. The predicted molar refractivity (Wildman–Crippen MR) is 94.0 cm³/mol. The van der Waals surface area contributed by atoms with Crippen molar-refractivity contribution in [1.82, 2.24) is 4.90 Å². The predicted octanol–water partition coefficient (Wildman–Crippen LogP) is 4.90. The largest absolute Gasteiger partial charge is 0.303 e. The molecule has 0 aromatic heterocycles.